The van der Waals surface area contributed by atoms with Gasteiger partial charge in [-0.1, -0.05) is 25.7 Å². The van der Waals surface area contributed by atoms with Crippen LogP contribution in [0.2, 0.25) is 0 Å². The molecule has 1 fully saturated rings. The monoisotopic (exact) mass is 268 g/mol. The van der Waals surface area contributed by atoms with E-state index in [1.807, 2.05) is 0 Å². The highest BCUT2D eigenvalue weighted by molar-refractivity contribution is 14.1. The van der Waals surface area contributed by atoms with E-state index in [0.29, 0.717) is 6.42 Å². The normalized spacial score (nSPS) is 18.6. The van der Waals surface area contributed by atoms with Gasteiger partial charge in [-0.2, -0.15) is 0 Å². The van der Waals surface area contributed by atoms with Crippen LogP contribution in [0.25, 0.3) is 0 Å². The topological polar surface area (TPSA) is 26.3 Å². The maximum absolute atomic E-state index is 10.7. The Balaban J connectivity index is 2.06. The zero-order chi connectivity index (χ0) is 8.10. The molecule has 11 heavy (non-hydrogen) atoms. The van der Waals surface area contributed by atoms with Crippen molar-refractivity contribution in [1.82, 2.24) is 0 Å². The van der Waals surface area contributed by atoms with Gasteiger partial charge in [0, 0.05) is 6.42 Å². The fourth-order valence-corrected chi connectivity index (χ4v) is 1.88. The van der Waals surface area contributed by atoms with Gasteiger partial charge < -0.3 is 3.07 Å². The minimum atomic E-state index is -0.0718. The van der Waals surface area contributed by atoms with E-state index in [9.17, 15) is 4.79 Å². The van der Waals surface area contributed by atoms with Gasteiger partial charge in [0.1, 0.15) is 0 Å². The molecule has 1 aliphatic carbocycles. The number of carbonyl (C=O) groups excluding carboxylic acids is 1. The van der Waals surface area contributed by atoms with Gasteiger partial charge >= 0.3 is 5.97 Å². The van der Waals surface area contributed by atoms with E-state index >= 15 is 0 Å². The van der Waals surface area contributed by atoms with Gasteiger partial charge in [-0.15, -0.1) is 0 Å². The quantitative estimate of drug-likeness (QED) is 0.736. The van der Waals surface area contributed by atoms with E-state index in [4.69, 9.17) is 0 Å². The molecule has 0 saturated heterocycles. The molecule has 0 spiro atoms. The van der Waals surface area contributed by atoms with Crippen LogP contribution in [0.4, 0.5) is 0 Å². The van der Waals surface area contributed by atoms with E-state index in [-0.39, 0.29) is 5.97 Å². The van der Waals surface area contributed by atoms with Crippen LogP contribution in [0, 0.1) is 5.92 Å². The summed E-state index contributed by atoms with van der Waals surface area (Å²) in [5.41, 5.74) is 0. The SMILES string of the molecule is O=C(CCC1CCCC1)OI. The Morgan fingerprint density at radius 2 is 2.09 bits per heavy atom. The largest absolute Gasteiger partial charge is 0.394 e. The van der Waals surface area contributed by atoms with E-state index in [1.54, 1.807) is 23.0 Å². The van der Waals surface area contributed by atoms with Crippen molar-refractivity contribution in [3.8, 4) is 0 Å². The molecule has 0 bridgehead atoms. The smallest absolute Gasteiger partial charge is 0.315 e. The summed E-state index contributed by atoms with van der Waals surface area (Å²) in [5.74, 6) is 0.725. The van der Waals surface area contributed by atoms with Gasteiger partial charge in [-0.25, -0.2) is 0 Å². The van der Waals surface area contributed by atoms with Crippen molar-refractivity contribution < 1.29 is 7.86 Å². The van der Waals surface area contributed by atoms with Crippen LogP contribution in [0.3, 0.4) is 0 Å². The minimum absolute atomic E-state index is 0.0718. The van der Waals surface area contributed by atoms with Crippen molar-refractivity contribution in [2.24, 2.45) is 5.92 Å². The van der Waals surface area contributed by atoms with Crippen molar-refractivity contribution in [2.45, 2.75) is 38.5 Å². The molecule has 0 heterocycles. The fourth-order valence-electron chi connectivity index (χ4n) is 1.66. The summed E-state index contributed by atoms with van der Waals surface area (Å²) in [5, 5.41) is 0. The van der Waals surface area contributed by atoms with Crippen molar-refractivity contribution >= 4 is 29.0 Å². The van der Waals surface area contributed by atoms with Gasteiger partial charge in [0.15, 0.2) is 23.0 Å². The summed E-state index contributed by atoms with van der Waals surface area (Å²) >= 11 is 1.65. The van der Waals surface area contributed by atoms with Crippen LogP contribution in [-0.4, -0.2) is 5.97 Å². The zero-order valence-corrected chi connectivity index (χ0v) is 8.67. The van der Waals surface area contributed by atoms with Crippen LogP contribution in [0.5, 0.6) is 0 Å². The number of halogens is 1. The highest BCUT2D eigenvalue weighted by Gasteiger charge is 2.16. The second kappa shape index (κ2) is 4.95. The molecule has 0 aromatic heterocycles. The van der Waals surface area contributed by atoms with Gasteiger partial charge in [-0.05, 0) is 12.3 Å². The summed E-state index contributed by atoms with van der Waals surface area (Å²) in [4.78, 5) is 10.7. The summed E-state index contributed by atoms with van der Waals surface area (Å²) in [6.45, 7) is 0. The molecular formula is C8H13IO2. The second-order valence-corrected chi connectivity index (χ2v) is 3.58. The third kappa shape index (κ3) is 3.40. The van der Waals surface area contributed by atoms with Gasteiger partial charge in [-0.3, -0.25) is 4.79 Å². The van der Waals surface area contributed by atoms with Crippen molar-refractivity contribution in [3.63, 3.8) is 0 Å². The Morgan fingerprint density at radius 3 is 2.64 bits per heavy atom. The lowest BCUT2D eigenvalue weighted by atomic mass is 10.0. The lowest BCUT2D eigenvalue weighted by Crippen LogP contribution is -2.01. The van der Waals surface area contributed by atoms with Crippen molar-refractivity contribution in [3.05, 3.63) is 0 Å². The molecular weight excluding hydrogens is 255 g/mol. The molecule has 0 N–H and O–H groups in total. The summed E-state index contributed by atoms with van der Waals surface area (Å²) in [6.07, 6.45) is 6.96. The molecule has 0 amide bonds. The van der Waals surface area contributed by atoms with Gasteiger partial charge in [0.05, 0.1) is 0 Å². The van der Waals surface area contributed by atoms with Crippen LogP contribution >= 0.6 is 23.0 Å². The molecule has 1 rings (SSSR count). The van der Waals surface area contributed by atoms with Gasteiger partial charge in [0.25, 0.3) is 0 Å². The average Bonchev–Trinajstić information content (AvgIpc) is 2.52. The molecule has 0 unspecified atom stereocenters. The Bertz CT molecular complexity index is 130. The first-order valence-corrected chi connectivity index (χ1v) is 5.02. The van der Waals surface area contributed by atoms with Crippen molar-refractivity contribution in [2.75, 3.05) is 0 Å². The third-order valence-electron chi connectivity index (χ3n) is 2.32. The molecule has 64 valence electrons. The number of carbonyl (C=O) groups is 1. The number of hydrogen-bond donors (Lipinski definition) is 0. The van der Waals surface area contributed by atoms with Crippen LogP contribution in [0.15, 0.2) is 0 Å². The van der Waals surface area contributed by atoms with Gasteiger partial charge in [0.2, 0.25) is 0 Å². The number of rotatable bonds is 3. The Morgan fingerprint density at radius 1 is 1.45 bits per heavy atom. The second-order valence-electron chi connectivity index (χ2n) is 3.14. The number of hydrogen-bond acceptors (Lipinski definition) is 2. The fraction of sp³-hybridized carbons (Fsp3) is 0.875. The van der Waals surface area contributed by atoms with Crippen LogP contribution in [-0.2, 0) is 7.86 Å². The molecule has 3 heteroatoms. The summed E-state index contributed by atoms with van der Waals surface area (Å²) in [7, 11) is 0. The average molecular weight is 268 g/mol. The summed E-state index contributed by atoms with van der Waals surface area (Å²) < 4.78 is 4.54. The lowest BCUT2D eigenvalue weighted by molar-refractivity contribution is -0.131. The molecule has 0 aromatic carbocycles. The summed E-state index contributed by atoms with van der Waals surface area (Å²) in [6, 6.07) is 0. The van der Waals surface area contributed by atoms with E-state index in [2.05, 4.69) is 3.07 Å². The molecule has 1 saturated carbocycles. The maximum atomic E-state index is 10.7. The Kier molecular flexibility index (Phi) is 4.18. The molecule has 0 atom stereocenters. The third-order valence-corrected chi connectivity index (χ3v) is 2.81. The standard InChI is InChI=1S/C8H13IO2/c9-11-8(10)6-5-7-3-1-2-4-7/h7H,1-6H2. The van der Waals surface area contributed by atoms with Crippen LogP contribution in [0.1, 0.15) is 38.5 Å². The minimum Gasteiger partial charge on any atom is -0.394 e. The molecule has 1 aliphatic rings. The first-order valence-electron chi connectivity index (χ1n) is 4.14. The maximum Gasteiger partial charge on any atom is 0.315 e. The van der Waals surface area contributed by atoms with Crippen molar-refractivity contribution in [1.29, 1.82) is 0 Å². The van der Waals surface area contributed by atoms with E-state index < -0.39 is 0 Å². The molecule has 0 aromatic rings. The lowest BCUT2D eigenvalue weighted by Gasteiger charge is -2.05. The Labute approximate surface area is 81.4 Å². The highest BCUT2D eigenvalue weighted by atomic mass is 127. The highest BCUT2D eigenvalue weighted by Crippen LogP contribution is 2.28. The zero-order valence-electron chi connectivity index (χ0n) is 6.51. The predicted molar refractivity (Wildman–Crippen MR) is 51.3 cm³/mol. The van der Waals surface area contributed by atoms with Crippen LogP contribution < -0.4 is 0 Å². The first kappa shape index (κ1) is 9.29. The first-order chi connectivity index (χ1) is 5.33. The predicted octanol–water partition coefficient (Wildman–Crippen LogP) is 2.85. The molecule has 0 radical (unpaired) electrons. The Hall–Kier alpha value is 0.200. The molecule has 0 aliphatic heterocycles. The molecule has 2 nitrogen and oxygen atoms in total. The van der Waals surface area contributed by atoms with E-state index in [1.165, 1.54) is 25.7 Å². The van der Waals surface area contributed by atoms with E-state index in [0.717, 1.165) is 12.3 Å².